The molecule has 4 aromatic rings. The third-order valence-electron chi connectivity index (χ3n) is 4.39. The van der Waals surface area contributed by atoms with Gasteiger partial charge in [0.25, 0.3) is 0 Å². The molecule has 26 heavy (non-hydrogen) atoms. The molecule has 0 saturated heterocycles. The van der Waals surface area contributed by atoms with Gasteiger partial charge in [-0.3, -0.25) is 0 Å². The molecule has 1 heterocycles. The van der Waals surface area contributed by atoms with E-state index < -0.39 is 11.7 Å². The first-order valence-corrected chi connectivity index (χ1v) is 8.06. The summed E-state index contributed by atoms with van der Waals surface area (Å²) in [6, 6.07) is 17.3. The Morgan fingerprint density at radius 2 is 1.73 bits per heavy atom. The van der Waals surface area contributed by atoms with Crippen molar-refractivity contribution in [3.05, 3.63) is 72.1 Å². The molecule has 0 fully saturated rings. The van der Waals surface area contributed by atoms with Crippen molar-refractivity contribution < 1.29 is 17.9 Å². The van der Waals surface area contributed by atoms with E-state index in [-0.39, 0.29) is 6.61 Å². The van der Waals surface area contributed by atoms with Crippen LogP contribution in [0.1, 0.15) is 11.4 Å². The predicted octanol–water partition coefficient (Wildman–Crippen LogP) is 5.32. The molecule has 0 radical (unpaired) electrons. The largest absolute Gasteiger partial charge is 0.486 e. The van der Waals surface area contributed by atoms with Gasteiger partial charge in [0.05, 0.1) is 16.6 Å². The second-order valence-corrected chi connectivity index (χ2v) is 6.09. The van der Waals surface area contributed by atoms with E-state index in [4.69, 9.17) is 4.74 Å². The molecular weight excluding hydrogens is 341 g/mol. The maximum atomic E-state index is 12.9. The Balaban J connectivity index is 1.61. The predicted molar refractivity (Wildman–Crippen MR) is 94.0 cm³/mol. The maximum absolute atomic E-state index is 12.9. The number of hydrogen-bond acceptors (Lipinski definition) is 2. The number of fused-ring (bicyclic) bond motifs is 2. The molecule has 4 rings (SSSR count). The van der Waals surface area contributed by atoms with Crippen molar-refractivity contribution in [3.8, 4) is 5.75 Å². The average molecular weight is 356 g/mol. The molecule has 0 aliphatic heterocycles. The van der Waals surface area contributed by atoms with Gasteiger partial charge in [0.2, 0.25) is 0 Å². The lowest BCUT2D eigenvalue weighted by Gasteiger charge is -2.08. The first kappa shape index (κ1) is 16.4. The van der Waals surface area contributed by atoms with Crippen molar-refractivity contribution in [2.24, 2.45) is 7.05 Å². The number of nitrogens with zero attached hydrogens (tertiary/aromatic N) is 2. The number of rotatable bonds is 3. The molecule has 0 aliphatic carbocycles. The number of imidazole rings is 1. The standard InChI is InChI=1S/C20H15F3N2O/c1-25-18-9-7-15(20(21,22)23)11-17(18)24-19(25)12-26-16-8-6-13-4-2-3-5-14(13)10-16/h2-11H,12H2,1H3. The zero-order valence-corrected chi connectivity index (χ0v) is 13.9. The van der Waals surface area contributed by atoms with Gasteiger partial charge in [-0.25, -0.2) is 4.98 Å². The van der Waals surface area contributed by atoms with Crippen LogP contribution in [0.25, 0.3) is 21.8 Å². The van der Waals surface area contributed by atoms with Gasteiger partial charge in [0, 0.05) is 7.05 Å². The molecule has 0 unspecified atom stereocenters. The van der Waals surface area contributed by atoms with E-state index >= 15 is 0 Å². The van der Waals surface area contributed by atoms with Crippen LogP contribution in [-0.2, 0) is 19.8 Å². The van der Waals surface area contributed by atoms with Crippen LogP contribution in [0.5, 0.6) is 5.75 Å². The normalized spacial score (nSPS) is 12.0. The fourth-order valence-electron chi connectivity index (χ4n) is 2.96. The third-order valence-corrected chi connectivity index (χ3v) is 4.39. The number of aryl methyl sites for hydroxylation is 1. The Morgan fingerprint density at radius 3 is 2.50 bits per heavy atom. The molecule has 0 spiro atoms. The summed E-state index contributed by atoms with van der Waals surface area (Å²) in [4.78, 5) is 4.30. The van der Waals surface area contributed by atoms with Crippen molar-refractivity contribution >= 4 is 21.8 Å². The van der Waals surface area contributed by atoms with E-state index in [1.165, 1.54) is 6.07 Å². The van der Waals surface area contributed by atoms with Crippen LogP contribution in [-0.4, -0.2) is 9.55 Å². The number of halogens is 3. The number of benzene rings is 3. The summed E-state index contributed by atoms with van der Waals surface area (Å²) in [6.07, 6.45) is -4.38. The van der Waals surface area contributed by atoms with Crippen LogP contribution in [0.2, 0.25) is 0 Å². The Labute approximate surface area is 147 Å². The summed E-state index contributed by atoms with van der Waals surface area (Å²) in [6.45, 7) is 0.171. The van der Waals surface area contributed by atoms with Crippen LogP contribution in [0.15, 0.2) is 60.7 Å². The van der Waals surface area contributed by atoms with Crippen molar-refractivity contribution in [1.29, 1.82) is 0 Å². The molecule has 132 valence electrons. The summed E-state index contributed by atoms with van der Waals surface area (Å²) in [5, 5.41) is 2.17. The third kappa shape index (κ3) is 2.98. The fraction of sp³-hybridized carbons (Fsp3) is 0.150. The topological polar surface area (TPSA) is 27.1 Å². The van der Waals surface area contributed by atoms with Crippen LogP contribution < -0.4 is 4.74 Å². The highest BCUT2D eigenvalue weighted by molar-refractivity contribution is 5.83. The fourth-order valence-corrected chi connectivity index (χ4v) is 2.96. The van der Waals surface area contributed by atoms with Crippen LogP contribution >= 0.6 is 0 Å². The molecule has 0 N–H and O–H groups in total. The molecule has 3 aromatic carbocycles. The maximum Gasteiger partial charge on any atom is 0.416 e. The minimum atomic E-state index is -4.38. The lowest BCUT2D eigenvalue weighted by molar-refractivity contribution is -0.137. The Morgan fingerprint density at radius 1 is 0.962 bits per heavy atom. The van der Waals surface area contributed by atoms with Crippen molar-refractivity contribution in [3.63, 3.8) is 0 Å². The van der Waals surface area contributed by atoms with Crippen molar-refractivity contribution in [2.45, 2.75) is 12.8 Å². The Kier molecular flexibility index (Phi) is 3.83. The highest BCUT2D eigenvalue weighted by Crippen LogP contribution is 2.31. The number of hydrogen-bond donors (Lipinski definition) is 0. The molecular formula is C20H15F3N2O. The smallest absolute Gasteiger partial charge is 0.416 e. The van der Waals surface area contributed by atoms with Crippen LogP contribution in [0.4, 0.5) is 13.2 Å². The van der Waals surface area contributed by atoms with Gasteiger partial charge >= 0.3 is 6.18 Å². The van der Waals surface area contributed by atoms with E-state index in [0.717, 1.165) is 22.9 Å². The summed E-state index contributed by atoms with van der Waals surface area (Å²) < 4.78 is 46.1. The van der Waals surface area contributed by atoms with Gasteiger partial charge in [-0.1, -0.05) is 30.3 Å². The zero-order chi connectivity index (χ0) is 18.3. The molecule has 1 aromatic heterocycles. The quantitative estimate of drug-likeness (QED) is 0.496. The molecule has 0 saturated carbocycles. The molecule has 0 bridgehead atoms. The molecule has 0 atom stereocenters. The van der Waals surface area contributed by atoms with Crippen LogP contribution in [0, 0.1) is 0 Å². The summed E-state index contributed by atoms with van der Waals surface area (Å²) in [5.41, 5.74) is 0.236. The van der Waals surface area contributed by atoms with Gasteiger partial charge in [-0.2, -0.15) is 13.2 Å². The van der Waals surface area contributed by atoms with Crippen molar-refractivity contribution in [2.75, 3.05) is 0 Å². The first-order chi connectivity index (χ1) is 12.4. The Bertz CT molecular complexity index is 1100. The van der Waals surface area contributed by atoms with E-state index in [1.807, 2.05) is 42.5 Å². The lowest BCUT2D eigenvalue weighted by Crippen LogP contribution is -2.04. The number of ether oxygens (including phenoxy) is 1. The van der Waals surface area contributed by atoms with Gasteiger partial charge < -0.3 is 9.30 Å². The minimum Gasteiger partial charge on any atom is -0.486 e. The summed E-state index contributed by atoms with van der Waals surface area (Å²) in [7, 11) is 1.77. The summed E-state index contributed by atoms with van der Waals surface area (Å²) in [5.74, 6) is 1.25. The zero-order valence-electron chi connectivity index (χ0n) is 13.9. The monoisotopic (exact) mass is 356 g/mol. The molecule has 6 heteroatoms. The first-order valence-electron chi connectivity index (χ1n) is 8.06. The minimum absolute atomic E-state index is 0.171. The number of aromatic nitrogens is 2. The van der Waals surface area contributed by atoms with E-state index in [2.05, 4.69) is 4.98 Å². The number of alkyl halides is 3. The van der Waals surface area contributed by atoms with Gasteiger partial charge in [-0.15, -0.1) is 0 Å². The van der Waals surface area contributed by atoms with Gasteiger partial charge in [0.1, 0.15) is 18.2 Å². The van der Waals surface area contributed by atoms with Crippen LogP contribution in [0.3, 0.4) is 0 Å². The van der Waals surface area contributed by atoms with Gasteiger partial charge in [0.15, 0.2) is 0 Å². The summed E-state index contributed by atoms with van der Waals surface area (Å²) >= 11 is 0. The average Bonchev–Trinajstić information content (AvgIpc) is 2.94. The van der Waals surface area contributed by atoms with E-state index in [0.29, 0.717) is 22.6 Å². The highest BCUT2D eigenvalue weighted by atomic mass is 19.4. The second kappa shape index (κ2) is 6.05. The van der Waals surface area contributed by atoms with Crippen molar-refractivity contribution in [1.82, 2.24) is 9.55 Å². The Hall–Kier alpha value is -3.02. The molecule has 3 nitrogen and oxygen atoms in total. The van der Waals surface area contributed by atoms with E-state index in [1.54, 1.807) is 11.6 Å². The lowest BCUT2D eigenvalue weighted by atomic mass is 10.1. The second-order valence-electron chi connectivity index (χ2n) is 6.09. The van der Waals surface area contributed by atoms with E-state index in [9.17, 15) is 13.2 Å². The highest BCUT2D eigenvalue weighted by Gasteiger charge is 2.31. The molecule has 0 aliphatic rings. The van der Waals surface area contributed by atoms with Gasteiger partial charge in [-0.05, 0) is 41.1 Å². The SMILES string of the molecule is Cn1c(COc2ccc3ccccc3c2)nc2cc(C(F)(F)F)ccc21. The molecule has 0 amide bonds.